The van der Waals surface area contributed by atoms with Crippen LogP contribution in [0.1, 0.15) is 40.0 Å². The number of aromatic nitrogens is 3. The van der Waals surface area contributed by atoms with E-state index in [9.17, 15) is 4.79 Å². The van der Waals surface area contributed by atoms with E-state index in [4.69, 9.17) is 4.74 Å². The van der Waals surface area contributed by atoms with Crippen molar-refractivity contribution in [1.82, 2.24) is 20.1 Å². The van der Waals surface area contributed by atoms with E-state index in [-0.39, 0.29) is 12.0 Å². The van der Waals surface area contributed by atoms with E-state index in [1.54, 1.807) is 0 Å². The number of amides is 1. The number of H-pyrrole nitrogens is 1. The zero-order chi connectivity index (χ0) is 16.5. The lowest BCUT2D eigenvalue weighted by molar-refractivity contribution is -0.0248. The number of hydrogen-bond acceptors (Lipinski definition) is 5. The standard InChI is InChI=1S/C17H21N5O2/c1-18-15-7-3-6-13(19-15)14-10-22(8-9-24-14)17(23)16-11-4-2-5-12(11)20-21-16/h3,6-7,14H,2,4-5,8-10H2,1H3,(H,18,19)(H,20,21). The van der Waals surface area contributed by atoms with Crippen molar-refractivity contribution < 1.29 is 9.53 Å². The summed E-state index contributed by atoms with van der Waals surface area (Å²) in [5.41, 5.74) is 3.64. The summed E-state index contributed by atoms with van der Waals surface area (Å²) in [5, 5.41) is 10.3. The number of aryl methyl sites for hydroxylation is 1. The number of pyridine rings is 1. The number of morpholine rings is 1. The van der Waals surface area contributed by atoms with Gasteiger partial charge in [0.15, 0.2) is 5.69 Å². The van der Waals surface area contributed by atoms with E-state index in [1.165, 1.54) is 0 Å². The molecule has 0 aromatic carbocycles. The zero-order valence-corrected chi connectivity index (χ0v) is 13.7. The fraction of sp³-hybridized carbons (Fsp3) is 0.471. The maximum Gasteiger partial charge on any atom is 0.274 e. The fourth-order valence-corrected chi connectivity index (χ4v) is 3.43. The second kappa shape index (κ2) is 6.24. The second-order valence-electron chi connectivity index (χ2n) is 6.19. The molecule has 2 aromatic rings. The van der Waals surface area contributed by atoms with Gasteiger partial charge in [0.2, 0.25) is 0 Å². The number of ether oxygens (including phenoxy) is 1. The van der Waals surface area contributed by atoms with Crippen molar-refractivity contribution in [2.45, 2.75) is 25.4 Å². The van der Waals surface area contributed by atoms with E-state index in [0.29, 0.717) is 25.4 Å². The molecule has 2 N–H and O–H groups in total. The molecule has 4 rings (SSSR count). The minimum atomic E-state index is -0.206. The second-order valence-corrected chi connectivity index (χ2v) is 6.19. The molecule has 0 bridgehead atoms. The molecule has 2 aromatic heterocycles. The highest BCUT2D eigenvalue weighted by molar-refractivity contribution is 5.94. The van der Waals surface area contributed by atoms with Gasteiger partial charge in [-0.1, -0.05) is 6.07 Å². The molecule has 3 heterocycles. The lowest BCUT2D eigenvalue weighted by Gasteiger charge is -2.32. The Morgan fingerprint density at radius 2 is 2.33 bits per heavy atom. The first-order chi connectivity index (χ1) is 11.8. The number of nitrogens with zero attached hydrogens (tertiary/aromatic N) is 3. The summed E-state index contributed by atoms with van der Waals surface area (Å²) in [6.45, 7) is 1.60. The fourth-order valence-electron chi connectivity index (χ4n) is 3.43. The number of rotatable bonds is 3. The predicted octanol–water partition coefficient (Wildman–Crippen LogP) is 1.55. The molecule has 7 heteroatoms. The van der Waals surface area contributed by atoms with Gasteiger partial charge in [-0.2, -0.15) is 5.10 Å². The minimum absolute atomic E-state index is 0.00697. The molecule has 0 saturated carbocycles. The van der Waals surface area contributed by atoms with Crippen LogP contribution in [0.25, 0.3) is 0 Å². The third kappa shape index (κ3) is 2.65. The van der Waals surface area contributed by atoms with Crippen molar-refractivity contribution >= 4 is 11.7 Å². The highest BCUT2D eigenvalue weighted by Gasteiger charge is 2.31. The van der Waals surface area contributed by atoms with Crippen LogP contribution in [0.3, 0.4) is 0 Å². The Balaban J connectivity index is 1.53. The number of anilines is 1. The topological polar surface area (TPSA) is 83.1 Å². The van der Waals surface area contributed by atoms with Gasteiger partial charge in [-0.05, 0) is 31.4 Å². The lowest BCUT2D eigenvalue weighted by Crippen LogP contribution is -2.42. The Hall–Kier alpha value is -2.41. The molecule has 1 fully saturated rings. The van der Waals surface area contributed by atoms with Crippen LogP contribution in [0.2, 0.25) is 0 Å². The number of aromatic amines is 1. The van der Waals surface area contributed by atoms with E-state index in [0.717, 1.165) is 42.0 Å². The van der Waals surface area contributed by atoms with Crippen LogP contribution in [0.4, 0.5) is 5.82 Å². The molecule has 1 unspecified atom stereocenters. The van der Waals surface area contributed by atoms with Gasteiger partial charge in [-0.3, -0.25) is 9.89 Å². The Kier molecular flexibility index (Phi) is 3.93. The van der Waals surface area contributed by atoms with Crippen LogP contribution in [0, 0.1) is 0 Å². The summed E-state index contributed by atoms with van der Waals surface area (Å²) in [5.74, 6) is 0.789. The molecule has 126 valence electrons. The summed E-state index contributed by atoms with van der Waals surface area (Å²) in [6, 6.07) is 5.78. The van der Waals surface area contributed by atoms with E-state index >= 15 is 0 Å². The van der Waals surface area contributed by atoms with Crippen LogP contribution in [-0.2, 0) is 17.6 Å². The van der Waals surface area contributed by atoms with Crippen molar-refractivity contribution in [3.63, 3.8) is 0 Å². The monoisotopic (exact) mass is 327 g/mol. The number of fused-ring (bicyclic) bond motifs is 1. The first kappa shape index (κ1) is 15.1. The minimum Gasteiger partial charge on any atom is -0.373 e. The highest BCUT2D eigenvalue weighted by Crippen LogP contribution is 2.26. The van der Waals surface area contributed by atoms with Gasteiger partial charge in [-0.15, -0.1) is 0 Å². The Labute approximate surface area is 140 Å². The molecule has 2 aliphatic rings. The first-order valence-corrected chi connectivity index (χ1v) is 8.38. The average Bonchev–Trinajstić information content (AvgIpc) is 3.25. The van der Waals surface area contributed by atoms with Crippen molar-refractivity contribution in [2.75, 3.05) is 32.1 Å². The molecule has 1 atom stereocenters. The number of carbonyl (C=O) groups is 1. The molecule has 0 spiro atoms. The molecule has 1 saturated heterocycles. The first-order valence-electron chi connectivity index (χ1n) is 8.38. The van der Waals surface area contributed by atoms with Crippen LogP contribution in [0.15, 0.2) is 18.2 Å². The smallest absolute Gasteiger partial charge is 0.274 e. The van der Waals surface area contributed by atoms with Crippen LogP contribution >= 0.6 is 0 Å². The van der Waals surface area contributed by atoms with Crippen molar-refractivity contribution in [1.29, 1.82) is 0 Å². The highest BCUT2D eigenvalue weighted by atomic mass is 16.5. The summed E-state index contributed by atoms with van der Waals surface area (Å²) >= 11 is 0. The van der Waals surface area contributed by atoms with Gasteiger partial charge in [0, 0.05) is 24.8 Å². The Bertz CT molecular complexity index is 757. The van der Waals surface area contributed by atoms with Crippen molar-refractivity contribution in [2.24, 2.45) is 0 Å². The average molecular weight is 327 g/mol. The van der Waals surface area contributed by atoms with Gasteiger partial charge < -0.3 is 15.0 Å². The largest absolute Gasteiger partial charge is 0.373 e. The van der Waals surface area contributed by atoms with Gasteiger partial charge >= 0.3 is 0 Å². The molecule has 7 nitrogen and oxygen atoms in total. The third-order valence-electron chi connectivity index (χ3n) is 4.72. The third-order valence-corrected chi connectivity index (χ3v) is 4.72. The SMILES string of the molecule is CNc1cccc(C2CN(C(=O)c3n[nH]c4c3CCC4)CCO2)n1. The molecule has 1 aliphatic heterocycles. The molecular formula is C17H21N5O2. The van der Waals surface area contributed by atoms with E-state index in [2.05, 4.69) is 20.5 Å². The zero-order valence-electron chi connectivity index (χ0n) is 13.7. The maximum atomic E-state index is 12.9. The Morgan fingerprint density at radius 1 is 1.42 bits per heavy atom. The van der Waals surface area contributed by atoms with E-state index in [1.807, 2.05) is 30.1 Å². The number of carbonyl (C=O) groups excluding carboxylic acids is 1. The van der Waals surface area contributed by atoms with Crippen molar-refractivity contribution in [3.8, 4) is 0 Å². The maximum absolute atomic E-state index is 12.9. The summed E-state index contributed by atoms with van der Waals surface area (Å²) in [6.07, 6.45) is 2.81. The van der Waals surface area contributed by atoms with Gasteiger partial charge in [0.1, 0.15) is 11.9 Å². The summed E-state index contributed by atoms with van der Waals surface area (Å²) in [7, 11) is 1.84. The van der Waals surface area contributed by atoms with Crippen LogP contribution in [0.5, 0.6) is 0 Å². The number of nitrogens with one attached hydrogen (secondary N) is 2. The Morgan fingerprint density at radius 3 is 3.21 bits per heavy atom. The molecule has 1 aliphatic carbocycles. The van der Waals surface area contributed by atoms with Gasteiger partial charge in [0.05, 0.1) is 18.8 Å². The summed E-state index contributed by atoms with van der Waals surface area (Å²) < 4.78 is 5.84. The van der Waals surface area contributed by atoms with Crippen molar-refractivity contribution in [3.05, 3.63) is 40.8 Å². The lowest BCUT2D eigenvalue weighted by atomic mass is 10.1. The van der Waals surface area contributed by atoms with Crippen LogP contribution < -0.4 is 5.32 Å². The molecule has 0 radical (unpaired) electrons. The molecular weight excluding hydrogens is 306 g/mol. The molecule has 1 amide bonds. The normalized spacial score (nSPS) is 20.0. The predicted molar refractivity (Wildman–Crippen MR) is 89.0 cm³/mol. The van der Waals surface area contributed by atoms with Crippen LogP contribution in [-0.4, -0.2) is 52.7 Å². The van der Waals surface area contributed by atoms with Gasteiger partial charge in [-0.25, -0.2) is 4.98 Å². The molecule has 24 heavy (non-hydrogen) atoms. The van der Waals surface area contributed by atoms with E-state index < -0.39 is 0 Å². The summed E-state index contributed by atoms with van der Waals surface area (Å²) in [4.78, 5) is 19.2. The quantitative estimate of drug-likeness (QED) is 0.894. The number of hydrogen-bond donors (Lipinski definition) is 2. The van der Waals surface area contributed by atoms with Gasteiger partial charge in [0.25, 0.3) is 5.91 Å².